The lowest BCUT2D eigenvalue weighted by molar-refractivity contribution is -0.360. The molecule has 0 radical (unpaired) electrons. The molecule has 3 saturated heterocycles. The van der Waals surface area contributed by atoms with E-state index < -0.39 is 116 Å². The summed E-state index contributed by atoms with van der Waals surface area (Å²) in [7, 11) is 0. The molecule has 4 heterocycles. The summed E-state index contributed by atoms with van der Waals surface area (Å²) in [5.74, 6) is -1.57. The number of hydrogen-bond acceptors (Lipinski definition) is 14. The van der Waals surface area contributed by atoms with E-state index in [-0.39, 0.29) is 0 Å². The van der Waals surface area contributed by atoms with Gasteiger partial charge in [-0.2, -0.15) is 0 Å². The molecule has 16 nitrogen and oxygen atoms in total. The normalized spacial score (nSPS) is 45.8. The van der Waals surface area contributed by atoms with E-state index in [9.17, 15) is 50.4 Å². The second kappa shape index (κ2) is 12.0. The van der Waals surface area contributed by atoms with Crippen LogP contribution in [0.1, 0.15) is 26.5 Å². The molecule has 0 aliphatic carbocycles. The van der Waals surface area contributed by atoms with E-state index in [4.69, 9.17) is 18.9 Å². The van der Waals surface area contributed by atoms with Gasteiger partial charge in [-0.25, -0.2) is 4.79 Å². The molecule has 1 aromatic rings. The zero-order valence-corrected chi connectivity index (χ0v) is 21.2. The smallest absolute Gasteiger partial charge is 0.330 e. The molecule has 0 saturated carbocycles. The summed E-state index contributed by atoms with van der Waals surface area (Å²) in [6.07, 6.45) is -17.4. The lowest BCUT2D eigenvalue weighted by Crippen LogP contribution is -2.59. The molecule has 3 aliphatic rings. The quantitative estimate of drug-likeness (QED) is 0.150. The molecular formula is C23H36N2O14. The molecular weight excluding hydrogens is 528 g/mol. The maximum atomic E-state index is 12.1. The van der Waals surface area contributed by atoms with Crippen molar-refractivity contribution < 1.29 is 59.8 Å². The van der Waals surface area contributed by atoms with Crippen molar-refractivity contribution >= 4 is 0 Å². The summed E-state index contributed by atoms with van der Waals surface area (Å²) >= 11 is 0. The highest BCUT2D eigenvalue weighted by molar-refractivity contribution is 4.98. The summed E-state index contributed by atoms with van der Waals surface area (Å²) in [6, 6.07) is 1.02. The zero-order chi connectivity index (χ0) is 28.8. The Balaban J connectivity index is 1.45. The van der Waals surface area contributed by atoms with E-state index >= 15 is 0 Å². The number of hydrogen-bond donors (Lipinski definition) is 9. The minimum absolute atomic E-state index is 0.409. The van der Waals surface area contributed by atoms with Crippen LogP contribution in [0.15, 0.2) is 21.9 Å². The van der Waals surface area contributed by atoms with Gasteiger partial charge in [0.15, 0.2) is 18.8 Å². The zero-order valence-electron chi connectivity index (χ0n) is 21.2. The van der Waals surface area contributed by atoms with Crippen LogP contribution in [-0.2, 0) is 18.9 Å². The first kappa shape index (κ1) is 30.2. The van der Waals surface area contributed by atoms with Crippen molar-refractivity contribution in [2.75, 3.05) is 6.61 Å². The topological polar surface area (TPSA) is 254 Å². The molecule has 1 aromatic heterocycles. The van der Waals surface area contributed by atoms with Gasteiger partial charge in [0.2, 0.25) is 0 Å². The number of aromatic nitrogens is 2. The van der Waals surface area contributed by atoms with Gasteiger partial charge < -0.3 is 59.8 Å². The van der Waals surface area contributed by atoms with Gasteiger partial charge in [-0.1, -0.05) is 13.8 Å². The van der Waals surface area contributed by atoms with E-state index in [2.05, 4.69) is 0 Å². The van der Waals surface area contributed by atoms with Crippen LogP contribution in [0.2, 0.25) is 0 Å². The molecule has 222 valence electrons. The van der Waals surface area contributed by atoms with Gasteiger partial charge in [-0.15, -0.1) is 0 Å². The van der Waals surface area contributed by atoms with Crippen molar-refractivity contribution in [1.29, 1.82) is 0 Å². The molecule has 16 heteroatoms. The van der Waals surface area contributed by atoms with Crippen LogP contribution in [0.5, 0.6) is 0 Å². The minimum Gasteiger partial charge on any atom is -0.394 e. The average molecular weight is 565 g/mol. The van der Waals surface area contributed by atoms with Crippen molar-refractivity contribution in [3.8, 4) is 0 Å². The SMILES string of the molecule is CC1C(O)[C@H](O)[C@H](CO)O[C@@H]1O[C@@H]1O[C@H](C[C@@H](O)C2O[C@@H](n3ccc(=O)[nH]c3=O)[C@H](O)[C@@H]2O)C(O)C(O)[C@H]1C. The van der Waals surface area contributed by atoms with Gasteiger partial charge >= 0.3 is 5.69 Å². The Morgan fingerprint density at radius 2 is 1.44 bits per heavy atom. The molecule has 0 amide bonds. The molecule has 3 aliphatic heterocycles. The summed E-state index contributed by atoms with van der Waals surface area (Å²) in [6.45, 7) is 2.48. The third kappa shape index (κ3) is 5.83. The summed E-state index contributed by atoms with van der Waals surface area (Å²) < 4.78 is 23.6. The molecule has 4 rings (SSSR count). The number of aliphatic hydroxyl groups excluding tert-OH is 8. The Morgan fingerprint density at radius 1 is 0.872 bits per heavy atom. The van der Waals surface area contributed by atoms with Crippen molar-refractivity contribution in [3.05, 3.63) is 33.1 Å². The third-order valence-corrected chi connectivity index (χ3v) is 7.72. The summed E-state index contributed by atoms with van der Waals surface area (Å²) in [4.78, 5) is 25.4. The Kier molecular flexibility index (Phi) is 9.26. The number of ether oxygens (including phenoxy) is 4. The summed E-state index contributed by atoms with van der Waals surface area (Å²) in [5, 5.41) is 82.9. The van der Waals surface area contributed by atoms with Crippen LogP contribution in [-0.4, -0.2) is 131 Å². The fraction of sp³-hybridized carbons (Fsp3) is 0.826. The van der Waals surface area contributed by atoms with Crippen molar-refractivity contribution in [2.24, 2.45) is 11.8 Å². The molecule has 15 atom stereocenters. The van der Waals surface area contributed by atoms with E-state index in [0.29, 0.717) is 0 Å². The number of rotatable bonds is 7. The van der Waals surface area contributed by atoms with Crippen molar-refractivity contribution in [3.63, 3.8) is 0 Å². The van der Waals surface area contributed by atoms with Gasteiger partial charge in [-0.05, 0) is 0 Å². The van der Waals surface area contributed by atoms with Gasteiger partial charge in [0.1, 0.15) is 36.6 Å². The summed E-state index contributed by atoms with van der Waals surface area (Å²) in [5.41, 5.74) is -1.59. The minimum atomic E-state index is -1.67. The third-order valence-electron chi connectivity index (χ3n) is 7.72. The number of aliphatic hydroxyl groups is 8. The van der Waals surface area contributed by atoms with E-state index in [1.165, 1.54) is 6.92 Å². The largest absolute Gasteiger partial charge is 0.394 e. The predicted octanol–water partition coefficient (Wildman–Crippen LogP) is -4.92. The lowest BCUT2D eigenvalue weighted by Gasteiger charge is -2.46. The number of nitrogens with one attached hydrogen (secondary N) is 1. The molecule has 3 fully saturated rings. The molecule has 39 heavy (non-hydrogen) atoms. The van der Waals surface area contributed by atoms with E-state index in [1.807, 2.05) is 4.98 Å². The van der Waals surface area contributed by atoms with Crippen LogP contribution in [0.25, 0.3) is 0 Å². The fourth-order valence-electron chi connectivity index (χ4n) is 5.16. The Morgan fingerprint density at radius 3 is 2.00 bits per heavy atom. The predicted molar refractivity (Wildman–Crippen MR) is 126 cm³/mol. The first-order chi connectivity index (χ1) is 18.3. The van der Waals surface area contributed by atoms with E-state index in [1.54, 1.807) is 6.92 Å². The molecule has 0 bridgehead atoms. The maximum absolute atomic E-state index is 12.1. The van der Waals surface area contributed by atoms with Crippen LogP contribution in [0.3, 0.4) is 0 Å². The monoisotopic (exact) mass is 564 g/mol. The highest BCUT2D eigenvalue weighted by Crippen LogP contribution is 2.36. The standard InChI is InChI=1S/C23H36N2O14/c1-7-13(29)15(31)10(36-21(7)39-22-8(2)14(30)16(32)11(6-26)37-22)5-9(27)19-17(33)18(34)20(38-19)25-4-3-12(28)24-23(25)35/h3-4,7-11,13-22,26-27,29-34H,5-6H2,1-2H3,(H,24,28,35)/t7-,8?,9-,10-,11+,13?,14?,15?,16-,17+,18-,19?,20-,21+,22-/m1/s1. The first-order valence-corrected chi connectivity index (χ1v) is 12.7. The van der Waals surface area contributed by atoms with Crippen molar-refractivity contribution in [2.45, 2.75) is 100 Å². The molecule has 5 unspecified atom stereocenters. The van der Waals surface area contributed by atoms with Gasteiger partial charge in [0, 0.05) is 30.5 Å². The Hall–Kier alpha value is -1.80. The highest BCUT2D eigenvalue weighted by atomic mass is 16.8. The van der Waals surface area contributed by atoms with Crippen molar-refractivity contribution in [1.82, 2.24) is 9.55 Å². The number of nitrogens with zero attached hydrogens (tertiary/aromatic N) is 1. The van der Waals surface area contributed by atoms with Gasteiger partial charge in [0.25, 0.3) is 5.56 Å². The molecule has 0 spiro atoms. The van der Waals surface area contributed by atoms with E-state index in [0.717, 1.165) is 16.8 Å². The van der Waals surface area contributed by atoms with Gasteiger partial charge in [-0.3, -0.25) is 14.3 Å². The fourth-order valence-corrected chi connectivity index (χ4v) is 5.16. The molecule has 9 N–H and O–H groups in total. The van der Waals surface area contributed by atoms with Crippen LogP contribution >= 0.6 is 0 Å². The number of aromatic amines is 1. The second-order valence-corrected chi connectivity index (χ2v) is 10.4. The maximum Gasteiger partial charge on any atom is 0.330 e. The lowest BCUT2D eigenvalue weighted by atomic mass is 9.88. The van der Waals surface area contributed by atoms with Crippen LogP contribution < -0.4 is 11.2 Å². The molecule has 0 aromatic carbocycles. The van der Waals surface area contributed by atoms with Crippen LogP contribution in [0.4, 0.5) is 0 Å². The highest BCUT2D eigenvalue weighted by Gasteiger charge is 2.51. The average Bonchev–Trinajstić information content (AvgIpc) is 3.19. The first-order valence-electron chi connectivity index (χ1n) is 12.7. The van der Waals surface area contributed by atoms with Crippen LogP contribution in [0, 0.1) is 11.8 Å². The Bertz CT molecular complexity index is 1080. The Labute approximate surface area is 221 Å². The van der Waals surface area contributed by atoms with Gasteiger partial charge in [0.05, 0.1) is 31.0 Å². The second-order valence-electron chi connectivity index (χ2n) is 10.4. The number of H-pyrrole nitrogens is 1.